The van der Waals surface area contributed by atoms with Crippen LogP contribution in [-0.4, -0.2) is 37.8 Å². The quantitative estimate of drug-likeness (QED) is 0.0771. The lowest BCUT2D eigenvalue weighted by molar-refractivity contribution is -0.148. The first-order valence-electron chi connectivity index (χ1n) is 16.1. The smallest absolute Gasteiger partial charge is 0.307 e. The number of carbonyl (C=O) groups is 1. The minimum absolute atomic E-state index is 0.130. The Morgan fingerprint density at radius 2 is 1.25 bits per heavy atom. The average Bonchev–Trinajstić information content (AvgIpc) is 3.04. The highest BCUT2D eigenvalue weighted by Gasteiger charge is 2.17. The van der Waals surface area contributed by atoms with Gasteiger partial charge in [0.25, 0.3) is 0 Å². The third kappa shape index (κ3) is 17.4. The molecule has 4 nitrogen and oxygen atoms in total. The second-order valence-corrected chi connectivity index (χ2v) is 10.7. The number of hydrogen-bond donors (Lipinski definition) is 0. The van der Waals surface area contributed by atoms with Gasteiger partial charge < -0.3 is 9.47 Å². The lowest BCUT2D eigenvalue weighted by atomic mass is 9.97. The van der Waals surface area contributed by atoms with E-state index in [-0.39, 0.29) is 18.8 Å². The zero-order valence-corrected chi connectivity index (χ0v) is 27.2. The zero-order valence-electron chi connectivity index (χ0n) is 27.2. The molecule has 0 heterocycles. The lowest BCUT2D eigenvalue weighted by Crippen LogP contribution is -2.28. The maximum atomic E-state index is 12.2. The summed E-state index contributed by atoms with van der Waals surface area (Å²) in [5.74, 6) is -0.181. The number of benzene rings is 2. The van der Waals surface area contributed by atoms with E-state index in [1.54, 1.807) is 0 Å². The predicted octanol–water partition coefficient (Wildman–Crippen LogP) is 10.0. The number of nitrogens with zero attached hydrogens (tertiary/aromatic N) is 1. The molecule has 0 N–H and O–H groups in total. The van der Waals surface area contributed by atoms with E-state index in [1.807, 2.05) is 48.4 Å². The Balaban J connectivity index is 1.53. The summed E-state index contributed by atoms with van der Waals surface area (Å²) in [6, 6.07) is 18.6. The fourth-order valence-corrected chi connectivity index (χ4v) is 4.36. The average molecular weight is 596 g/mol. The highest BCUT2D eigenvalue weighted by atomic mass is 16.5. The van der Waals surface area contributed by atoms with E-state index in [1.165, 1.54) is 11.1 Å². The molecule has 0 fully saturated rings. The number of rotatable bonds is 22. The van der Waals surface area contributed by atoms with Gasteiger partial charge in [0.05, 0.1) is 6.61 Å². The number of aryl methyl sites for hydroxylation is 1. The van der Waals surface area contributed by atoms with Crippen LogP contribution >= 0.6 is 0 Å². The van der Waals surface area contributed by atoms with Crippen molar-refractivity contribution in [2.75, 3.05) is 26.9 Å². The lowest BCUT2D eigenvalue weighted by Gasteiger charge is -2.23. The first-order valence-corrected chi connectivity index (χ1v) is 16.1. The number of esters is 1. The van der Waals surface area contributed by atoms with Gasteiger partial charge in [0.2, 0.25) is 0 Å². The summed E-state index contributed by atoms with van der Waals surface area (Å²) in [7, 11) is 1.94. The molecule has 0 aliphatic carbocycles. The van der Waals surface area contributed by atoms with Gasteiger partial charge in [-0.15, -0.1) is 0 Å². The molecule has 0 spiro atoms. The van der Waals surface area contributed by atoms with E-state index in [4.69, 9.17) is 9.47 Å². The highest BCUT2D eigenvalue weighted by molar-refractivity contribution is 5.69. The van der Waals surface area contributed by atoms with Crippen molar-refractivity contribution < 1.29 is 14.3 Å². The Morgan fingerprint density at radius 3 is 1.82 bits per heavy atom. The van der Waals surface area contributed by atoms with Crippen LogP contribution in [0.5, 0.6) is 0 Å². The first-order chi connectivity index (χ1) is 21.6. The molecule has 0 aliphatic heterocycles. The SMILES string of the molecule is CC/C=C\C/C=C\C/C=C\C/C=C\C/C=C\C/C=C\CCC(=O)OCN(C)CCOC(c1ccccc1)c1ccccc1C. The molecule has 2 rings (SSSR count). The number of carbonyl (C=O) groups excluding carboxylic acids is 1. The Bertz CT molecular complexity index is 1210. The summed E-state index contributed by atoms with van der Waals surface area (Å²) in [6.07, 6.45) is 33.0. The van der Waals surface area contributed by atoms with Gasteiger partial charge in [-0.1, -0.05) is 134 Å². The molecular weight excluding hydrogens is 542 g/mol. The number of ether oxygens (including phenoxy) is 2. The highest BCUT2D eigenvalue weighted by Crippen LogP contribution is 2.28. The van der Waals surface area contributed by atoms with Crippen LogP contribution in [0.25, 0.3) is 0 Å². The molecule has 0 saturated heterocycles. The van der Waals surface area contributed by atoms with Crippen LogP contribution in [0.1, 0.15) is 81.1 Å². The summed E-state index contributed by atoms with van der Waals surface area (Å²) >= 11 is 0. The van der Waals surface area contributed by atoms with Crippen molar-refractivity contribution in [3.63, 3.8) is 0 Å². The summed E-state index contributed by atoms with van der Waals surface area (Å²) in [4.78, 5) is 14.1. The molecule has 2 aromatic carbocycles. The molecule has 236 valence electrons. The number of hydrogen-bond acceptors (Lipinski definition) is 4. The van der Waals surface area contributed by atoms with E-state index in [9.17, 15) is 4.79 Å². The third-order valence-electron chi connectivity index (χ3n) is 6.89. The second kappa shape index (κ2) is 24.7. The van der Waals surface area contributed by atoms with Crippen molar-refractivity contribution in [2.24, 2.45) is 0 Å². The van der Waals surface area contributed by atoms with E-state index in [0.29, 0.717) is 26.0 Å². The molecule has 0 radical (unpaired) electrons. The van der Waals surface area contributed by atoms with Gasteiger partial charge in [-0.05, 0) is 75.6 Å². The Morgan fingerprint density at radius 1 is 0.727 bits per heavy atom. The molecule has 0 saturated carbocycles. The van der Waals surface area contributed by atoms with Crippen molar-refractivity contribution in [2.45, 2.75) is 71.3 Å². The molecule has 44 heavy (non-hydrogen) atoms. The van der Waals surface area contributed by atoms with Gasteiger partial charge in [-0.3, -0.25) is 9.69 Å². The second-order valence-electron chi connectivity index (χ2n) is 10.7. The molecular formula is C40H53NO3. The molecule has 0 aliphatic rings. The van der Waals surface area contributed by atoms with Gasteiger partial charge in [-0.25, -0.2) is 0 Å². The zero-order chi connectivity index (χ0) is 31.5. The van der Waals surface area contributed by atoms with E-state index >= 15 is 0 Å². The van der Waals surface area contributed by atoms with Crippen LogP contribution in [0.2, 0.25) is 0 Å². The van der Waals surface area contributed by atoms with Gasteiger partial charge >= 0.3 is 5.97 Å². The van der Waals surface area contributed by atoms with Crippen molar-refractivity contribution in [3.05, 3.63) is 144 Å². The van der Waals surface area contributed by atoms with Crippen LogP contribution in [-0.2, 0) is 14.3 Å². The molecule has 0 amide bonds. The fraction of sp³-hybridized carbons (Fsp3) is 0.375. The minimum Gasteiger partial charge on any atom is -0.449 e. The van der Waals surface area contributed by atoms with Crippen molar-refractivity contribution in [1.29, 1.82) is 0 Å². The standard InChI is InChI=1S/C40H53NO3/c1-4-5-6-7-8-9-10-11-12-13-14-15-16-17-18-19-20-21-25-32-39(42)44-35-41(3)33-34-43-40(37-29-23-22-24-30-37)38-31-27-26-28-36(38)2/h5-6,8-9,11-12,14-15,17-18,20-24,26-31,40H,4,7,10,13,16,19,25,32-35H2,1-3H3/b6-5-,9-8-,12-11-,15-14-,18-17-,21-20-. The summed E-state index contributed by atoms with van der Waals surface area (Å²) in [5, 5.41) is 0. The van der Waals surface area contributed by atoms with Crippen molar-refractivity contribution >= 4 is 5.97 Å². The maximum absolute atomic E-state index is 12.2. The van der Waals surface area contributed by atoms with Crippen LogP contribution in [0, 0.1) is 6.92 Å². The first kappa shape index (κ1) is 36.5. The number of allylic oxidation sites excluding steroid dienone is 12. The summed E-state index contributed by atoms with van der Waals surface area (Å²) in [5.41, 5.74) is 3.50. The molecule has 4 heteroatoms. The summed E-state index contributed by atoms with van der Waals surface area (Å²) in [6.45, 7) is 5.71. The Labute approximate surface area is 267 Å². The van der Waals surface area contributed by atoms with Crippen LogP contribution in [0.3, 0.4) is 0 Å². The van der Waals surface area contributed by atoms with E-state index < -0.39 is 0 Å². The normalized spacial score (nSPS) is 13.2. The van der Waals surface area contributed by atoms with E-state index in [2.05, 4.69) is 105 Å². The van der Waals surface area contributed by atoms with Gasteiger partial charge in [0.1, 0.15) is 12.8 Å². The Hall–Kier alpha value is -3.73. The van der Waals surface area contributed by atoms with Gasteiger partial charge in [0, 0.05) is 13.0 Å². The van der Waals surface area contributed by atoms with Crippen LogP contribution in [0.4, 0.5) is 0 Å². The number of likely N-dealkylation sites (N-methyl/N-ethyl adjacent to an activating group) is 1. The van der Waals surface area contributed by atoms with Crippen molar-refractivity contribution in [3.8, 4) is 0 Å². The molecule has 1 atom stereocenters. The maximum Gasteiger partial charge on any atom is 0.307 e. The minimum atomic E-state index is -0.181. The topological polar surface area (TPSA) is 38.8 Å². The Kier molecular flexibility index (Phi) is 20.5. The van der Waals surface area contributed by atoms with Crippen LogP contribution < -0.4 is 0 Å². The largest absolute Gasteiger partial charge is 0.449 e. The van der Waals surface area contributed by atoms with Gasteiger partial charge in [0.15, 0.2) is 0 Å². The van der Waals surface area contributed by atoms with Gasteiger partial charge in [-0.2, -0.15) is 0 Å². The summed E-state index contributed by atoms with van der Waals surface area (Å²) < 4.78 is 11.8. The van der Waals surface area contributed by atoms with E-state index in [0.717, 1.165) is 44.1 Å². The molecule has 2 aromatic rings. The molecule has 0 aromatic heterocycles. The molecule has 0 bridgehead atoms. The third-order valence-corrected chi connectivity index (χ3v) is 6.89. The molecule has 1 unspecified atom stereocenters. The van der Waals surface area contributed by atoms with Crippen LogP contribution in [0.15, 0.2) is 128 Å². The predicted molar refractivity (Wildman–Crippen MR) is 186 cm³/mol. The van der Waals surface area contributed by atoms with Crippen molar-refractivity contribution in [1.82, 2.24) is 4.90 Å². The fourth-order valence-electron chi connectivity index (χ4n) is 4.36. The monoisotopic (exact) mass is 595 g/mol.